The second-order valence-corrected chi connectivity index (χ2v) is 4.81. The summed E-state index contributed by atoms with van der Waals surface area (Å²) in [7, 11) is 1.83. The fraction of sp³-hybridized carbons (Fsp3) is 0.600. The highest BCUT2D eigenvalue weighted by Gasteiger charge is 2.11. The Morgan fingerprint density at radius 2 is 2.21 bits per heavy atom. The lowest BCUT2D eigenvalue weighted by Gasteiger charge is -2.15. The number of nitrogens with zero attached hydrogens (tertiary/aromatic N) is 1. The zero-order chi connectivity index (χ0) is 14.1. The van der Waals surface area contributed by atoms with Gasteiger partial charge in [-0.3, -0.25) is 9.78 Å². The highest BCUT2D eigenvalue weighted by molar-refractivity contribution is 5.93. The van der Waals surface area contributed by atoms with Crippen molar-refractivity contribution in [3.8, 4) is 0 Å². The molecule has 1 amide bonds. The molecule has 0 aliphatic heterocycles. The molecule has 106 valence electrons. The number of carbonyl (C=O) groups excluding carboxylic acids is 1. The van der Waals surface area contributed by atoms with Crippen LogP contribution in [0.3, 0.4) is 0 Å². The van der Waals surface area contributed by atoms with E-state index in [1.54, 1.807) is 12.3 Å². The molecule has 1 aromatic rings. The summed E-state index contributed by atoms with van der Waals surface area (Å²) < 4.78 is 0. The van der Waals surface area contributed by atoms with Gasteiger partial charge in [0.05, 0.1) is 0 Å². The zero-order valence-corrected chi connectivity index (χ0v) is 12.2. The summed E-state index contributed by atoms with van der Waals surface area (Å²) in [5.41, 5.74) is 1.37. The van der Waals surface area contributed by atoms with E-state index in [-0.39, 0.29) is 5.91 Å². The van der Waals surface area contributed by atoms with Gasteiger partial charge >= 0.3 is 0 Å². The number of amides is 1. The van der Waals surface area contributed by atoms with Crippen LogP contribution in [0.15, 0.2) is 18.3 Å². The van der Waals surface area contributed by atoms with Gasteiger partial charge in [-0.1, -0.05) is 33.1 Å². The van der Waals surface area contributed by atoms with Crippen molar-refractivity contribution in [3.63, 3.8) is 0 Å². The Labute approximate surface area is 116 Å². The average molecular weight is 263 g/mol. The van der Waals surface area contributed by atoms with Crippen molar-refractivity contribution in [1.82, 2.24) is 10.3 Å². The molecule has 0 fully saturated rings. The molecule has 1 rings (SSSR count). The van der Waals surface area contributed by atoms with E-state index < -0.39 is 0 Å². The Balaban J connectivity index is 2.49. The fourth-order valence-corrected chi connectivity index (χ4v) is 1.98. The minimum absolute atomic E-state index is 0.0907. The van der Waals surface area contributed by atoms with Crippen molar-refractivity contribution >= 4 is 11.6 Å². The lowest BCUT2D eigenvalue weighted by Crippen LogP contribution is -2.29. The van der Waals surface area contributed by atoms with Crippen LogP contribution in [0.1, 0.15) is 50.0 Å². The van der Waals surface area contributed by atoms with E-state index in [0.29, 0.717) is 11.6 Å². The van der Waals surface area contributed by atoms with E-state index >= 15 is 0 Å². The third-order valence-electron chi connectivity index (χ3n) is 3.38. The number of rotatable bonds is 8. The van der Waals surface area contributed by atoms with Crippen LogP contribution in [0.4, 0.5) is 5.69 Å². The van der Waals surface area contributed by atoms with Crippen LogP contribution in [0.25, 0.3) is 0 Å². The molecular formula is C15H25N3O. The van der Waals surface area contributed by atoms with E-state index in [0.717, 1.165) is 18.7 Å². The van der Waals surface area contributed by atoms with Gasteiger partial charge in [-0.15, -0.1) is 0 Å². The normalized spacial score (nSPS) is 11.9. The molecule has 0 saturated carbocycles. The quantitative estimate of drug-likeness (QED) is 0.758. The molecule has 19 heavy (non-hydrogen) atoms. The maximum atomic E-state index is 12.0. The van der Waals surface area contributed by atoms with E-state index in [4.69, 9.17) is 0 Å². The minimum Gasteiger partial charge on any atom is -0.388 e. The van der Waals surface area contributed by atoms with Gasteiger partial charge in [-0.25, -0.2) is 0 Å². The second kappa shape index (κ2) is 8.51. The molecule has 0 bridgehead atoms. The predicted octanol–water partition coefficient (Wildman–Crippen LogP) is 3.07. The molecule has 1 heterocycles. The molecule has 0 radical (unpaired) electrons. The van der Waals surface area contributed by atoms with Crippen molar-refractivity contribution in [3.05, 3.63) is 24.0 Å². The van der Waals surface area contributed by atoms with Gasteiger partial charge in [0.1, 0.15) is 5.69 Å². The first kappa shape index (κ1) is 15.5. The van der Waals surface area contributed by atoms with E-state index in [9.17, 15) is 4.79 Å². The third-order valence-corrected chi connectivity index (χ3v) is 3.38. The van der Waals surface area contributed by atoms with E-state index in [1.807, 2.05) is 13.1 Å². The highest BCUT2D eigenvalue weighted by Crippen LogP contribution is 2.12. The Kier molecular flexibility index (Phi) is 6.93. The SMILES string of the molecule is CCCCC(CC)CNC(=O)c1cc(NC)ccn1. The molecule has 4 heteroatoms. The Hall–Kier alpha value is -1.58. The van der Waals surface area contributed by atoms with Gasteiger partial charge in [0.15, 0.2) is 0 Å². The van der Waals surface area contributed by atoms with Crippen molar-refractivity contribution < 1.29 is 4.79 Å². The summed E-state index contributed by atoms with van der Waals surface area (Å²) in [5.74, 6) is 0.475. The van der Waals surface area contributed by atoms with Crippen molar-refractivity contribution in [2.75, 3.05) is 18.9 Å². The number of aromatic nitrogens is 1. The van der Waals surface area contributed by atoms with Crippen molar-refractivity contribution in [1.29, 1.82) is 0 Å². The van der Waals surface area contributed by atoms with Gasteiger partial charge in [-0.05, 0) is 24.5 Å². The lowest BCUT2D eigenvalue weighted by atomic mass is 9.99. The molecule has 1 atom stereocenters. The summed E-state index contributed by atoms with van der Waals surface area (Å²) in [6, 6.07) is 3.61. The largest absolute Gasteiger partial charge is 0.388 e. The summed E-state index contributed by atoms with van der Waals surface area (Å²) >= 11 is 0. The van der Waals surface area contributed by atoms with Gasteiger partial charge in [0.2, 0.25) is 0 Å². The maximum absolute atomic E-state index is 12.0. The topological polar surface area (TPSA) is 54.0 Å². The summed E-state index contributed by atoms with van der Waals surface area (Å²) in [4.78, 5) is 16.1. The first-order chi connectivity index (χ1) is 9.21. The smallest absolute Gasteiger partial charge is 0.269 e. The van der Waals surface area contributed by atoms with E-state index in [2.05, 4.69) is 29.5 Å². The monoisotopic (exact) mass is 263 g/mol. The third kappa shape index (κ3) is 5.28. The van der Waals surface area contributed by atoms with Crippen molar-refractivity contribution in [2.45, 2.75) is 39.5 Å². The molecule has 0 aromatic carbocycles. The highest BCUT2D eigenvalue weighted by atomic mass is 16.1. The van der Waals surface area contributed by atoms with Crippen molar-refractivity contribution in [2.24, 2.45) is 5.92 Å². The molecule has 0 saturated heterocycles. The molecule has 2 N–H and O–H groups in total. The number of anilines is 1. The van der Waals surface area contributed by atoms with Crippen LogP contribution < -0.4 is 10.6 Å². The Bertz CT molecular complexity index is 393. The van der Waals surface area contributed by atoms with Gasteiger partial charge in [0.25, 0.3) is 5.91 Å². The van der Waals surface area contributed by atoms with Gasteiger partial charge in [0, 0.05) is 25.5 Å². The van der Waals surface area contributed by atoms with Gasteiger partial charge in [-0.2, -0.15) is 0 Å². The fourth-order valence-electron chi connectivity index (χ4n) is 1.98. The van der Waals surface area contributed by atoms with E-state index in [1.165, 1.54) is 19.3 Å². The molecule has 0 aliphatic rings. The molecule has 1 unspecified atom stereocenters. The number of nitrogens with one attached hydrogen (secondary N) is 2. The molecular weight excluding hydrogens is 238 g/mol. The summed E-state index contributed by atoms with van der Waals surface area (Å²) in [5, 5.41) is 5.99. The van der Waals surface area contributed by atoms with Crippen LogP contribution >= 0.6 is 0 Å². The van der Waals surface area contributed by atoms with Crippen LogP contribution in [-0.4, -0.2) is 24.5 Å². The number of carbonyl (C=O) groups is 1. The van der Waals surface area contributed by atoms with Crippen LogP contribution in [0.5, 0.6) is 0 Å². The minimum atomic E-state index is -0.0907. The number of pyridine rings is 1. The Morgan fingerprint density at radius 3 is 2.84 bits per heavy atom. The van der Waals surface area contributed by atoms with Crippen LogP contribution in [0, 0.1) is 5.92 Å². The molecule has 0 spiro atoms. The molecule has 0 aliphatic carbocycles. The first-order valence-corrected chi connectivity index (χ1v) is 7.13. The van der Waals surface area contributed by atoms with Gasteiger partial charge < -0.3 is 10.6 Å². The van der Waals surface area contributed by atoms with Crippen LogP contribution in [0.2, 0.25) is 0 Å². The zero-order valence-electron chi connectivity index (χ0n) is 12.2. The number of hydrogen-bond donors (Lipinski definition) is 2. The predicted molar refractivity (Wildman–Crippen MR) is 79.4 cm³/mol. The standard InChI is InChI=1S/C15H25N3O/c1-4-6-7-12(5-2)11-18-15(19)14-10-13(16-3)8-9-17-14/h8-10,12H,4-7,11H2,1-3H3,(H,16,17)(H,18,19). The Morgan fingerprint density at radius 1 is 1.42 bits per heavy atom. The molecule has 1 aromatic heterocycles. The average Bonchev–Trinajstić information content (AvgIpc) is 2.47. The lowest BCUT2D eigenvalue weighted by molar-refractivity contribution is 0.0941. The summed E-state index contributed by atoms with van der Waals surface area (Å²) in [6.07, 6.45) is 6.36. The molecule has 4 nitrogen and oxygen atoms in total. The second-order valence-electron chi connectivity index (χ2n) is 4.81. The first-order valence-electron chi connectivity index (χ1n) is 7.13. The van der Waals surface area contributed by atoms with Crippen LogP contribution in [-0.2, 0) is 0 Å². The maximum Gasteiger partial charge on any atom is 0.269 e. The number of hydrogen-bond acceptors (Lipinski definition) is 3. The number of unbranched alkanes of at least 4 members (excludes halogenated alkanes) is 1. The summed E-state index contributed by atoms with van der Waals surface area (Å²) in [6.45, 7) is 5.10.